The molecule has 2 amide bonds. The van der Waals surface area contributed by atoms with Crippen LogP contribution in [0.1, 0.15) is 12.5 Å². The van der Waals surface area contributed by atoms with Gasteiger partial charge in [0, 0.05) is 6.42 Å². The number of amides is 2. The van der Waals surface area contributed by atoms with Crippen LogP contribution in [0.3, 0.4) is 0 Å². The Morgan fingerprint density at radius 2 is 2.16 bits per heavy atom. The van der Waals surface area contributed by atoms with Crippen molar-refractivity contribution in [3.8, 4) is 5.75 Å². The lowest BCUT2D eigenvalue weighted by Gasteiger charge is -2.32. The minimum Gasteiger partial charge on any atom is -0.488 e. The molecule has 0 saturated carbocycles. The Kier molecular flexibility index (Phi) is 2.89. The normalized spacial score (nSPS) is 25.8. The molecule has 0 aromatic heterocycles. The first kappa shape index (κ1) is 12.0. The van der Waals surface area contributed by atoms with Gasteiger partial charge in [-0.15, -0.1) is 0 Å². The largest absolute Gasteiger partial charge is 0.488 e. The van der Waals surface area contributed by atoms with Crippen LogP contribution in [0, 0.1) is 0 Å². The SMILES string of the molecule is CC1NC(=O)CN(CC2Cc3ccccc3O2)C1=O. The highest BCUT2D eigenvalue weighted by molar-refractivity contribution is 5.94. The molecular weight excluding hydrogens is 244 g/mol. The summed E-state index contributed by atoms with van der Waals surface area (Å²) in [6, 6.07) is 7.44. The molecule has 1 aromatic rings. The molecule has 0 radical (unpaired) electrons. The molecule has 0 aliphatic carbocycles. The van der Waals surface area contributed by atoms with Crippen LogP contribution >= 0.6 is 0 Å². The predicted octanol–water partition coefficient (Wildman–Crippen LogP) is 0.337. The lowest BCUT2D eigenvalue weighted by molar-refractivity contribution is -0.144. The van der Waals surface area contributed by atoms with Crippen LogP contribution in [-0.2, 0) is 16.0 Å². The van der Waals surface area contributed by atoms with E-state index in [9.17, 15) is 9.59 Å². The highest BCUT2D eigenvalue weighted by Gasteiger charge is 2.33. The second-order valence-electron chi connectivity index (χ2n) is 5.06. The summed E-state index contributed by atoms with van der Waals surface area (Å²) in [5, 5.41) is 2.63. The van der Waals surface area contributed by atoms with E-state index in [1.165, 1.54) is 0 Å². The molecule has 0 spiro atoms. The number of carbonyl (C=O) groups excluding carboxylic acids is 2. The maximum atomic E-state index is 12.0. The average Bonchev–Trinajstić information content (AvgIpc) is 2.77. The highest BCUT2D eigenvalue weighted by atomic mass is 16.5. The van der Waals surface area contributed by atoms with Gasteiger partial charge in [-0.1, -0.05) is 18.2 Å². The lowest BCUT2D eigenvalue weighted by Crippen LogP contribution is -2.58. The summed E-state index contributed by atoms with van der Waals surface area (Å²) < 4.78 is 5.80. The standard InChI is InChI=1S/C14H16N2O3/c1-9-14(18)16(8-13(17)15-9)7-11-6-10-4-2-3-5-12(10)19-11/h2-5,9,11H,6-8H2,1H3,(H,15,17). The minimum absolute atomic E-state index is 0.0424. The van der Waals surface area contributed by atoms with Crippen molar-refractivity contribution < 1.29 is 14.3 Å². The molecule has 1 aromatic carbocycles. The lowest BCUT2D eigenvalue weighted by atomic mass is 10.1. The molecule has 2 unspecified atom stereocenters. The minimum atomic E-state index is -0.440. The molecule has 1 saturated heterocycles. The van der Waals surface area contributed by atoms with Crippen LogP contribution in [0.4, 0.5) is 0 Å². The van der Waals surface area contributed by atoms with E-state index in [-0.39, 0.29) is 24.5 Å². The van der Waals surface area contributed by atoms with Crippen LogP contribution in [0.15, 0.2) is 24.3 Å². The smallest absolute Gasteiger partial charge is 0.245 e. The van der Waals surface area contributed by atoms with Crippen molar-refractivity contribution in [2.75, 3.05) is 13.1 Å². The summed E-state index contributed by atoms with van der Waals surface area (Å²) in [6.45, 7) is 2.29. The van der Waals surface area contributed by atoms with Gasteiger partial charge >= 0.3 is 0 Å². The molecule has 1 fully saturated rings. The van der Waals surface area contributed by atoms with Crippen LogP contribution < -0.4 is 10.1 Å². The van der Waals surface area contributed by atoms with E-state index in [1.54, 1.807) is 11.8 Å². The third-order valence-electron chi connectivity index (χ3n) is 3.53. The molecule has 100 valence electrons. The summed E-state index contributed by atoms with van der Waals surface area (Å²) in [5.74, 6) is 0.733. The van der Waals surface area contributed by atoms with Crippen molar-refractivity contribution in [3.05, 3.63) is 29.8 Å². The van der Waals surface area contributed by atoms with Gasteiger partial charge in [0.1, 0.15) is 17.9 Å². The summed E-state index contributed by atoms with van der Waals surface area (Å²) in [6.07, 6.45) is 0.732. The van der Waals surface area contributed by atoms with Gasteiger partial charge in [-0.25, -0.2) is 0 Å². The number of hydrogen-bond acceptors (Lipinski definition) is 3. The fourth-order valence-electron chi connectivity index (χ4n) is 2.63. The Morgan fingerprint density at radius 1 is 1.37 bits per heavy atom. The van der Waals surface area contributed by atoms with Gasteiger partial charge < -0.3 is 15.0 Å². The summed E-state index contributed by atoms with van der Waals surface area (Å²) in [4.78, 5) is 25.0. The number of ether oxygens (including phenoxy) is 1. The van der Waals surface area contributed by atoms with E-state index < -0.39 is 6.04 Å². The quantitative estimate of drug-likeness (QED) is 0.834. The fourth-order valence-corrected chi connectivity index (χ4v) is 2.63. The molecule has 1 N–H and O–H groups in total. The molecule has 2 aliphatic heterocycles. The van der Waals surface area contributed by atoms with Crippen LogP contribution in [0.2, 0.25) is 0 Å². The number of nitrogens with one attached hydrogen (secondary N) is 1. The van der Waals surface area contributed by atoms with Gasteiger partial charge in [0.15, 0.2) is 0 Å². The van der Waals surface area contributed by atoms with E-state index in [2.05, 4.69) is 5.32 Å². The van der Waals surface area contributed by atoms with E-state index in [1.807, 2.05) is 24.3 Å². The van der Waals surface area contributed by atoms with Crippen molar-refractivity contribution in [1.29, 1.82) is 0 Å². The molecule has 2 aliphatic rings. The molecule has 2 heterocycles. The first-order valence-corrected chi connectivity index (χ1v) is 6.46. The van der Waals surface area contributed by atoms with Crippen LogP contribution in [-0.4, -0.2) is 41.9 Å². The molecule has 3 rings (SSSR count). The van der Waals surface area contributed by atoms with Crippen molar-refractivity contribution in [2.45, 2.75) is 25.5 Å². The Hall–Kier alpha value is -2.04. The van der Waals surface area contributed by atoms with Gasteiger partial charge in [-0.05, 0) is 18.6 Å². The number of hydrogen-bond donors (Lipinski definition) is 1. The van der Waals surface area contributed by atoms with Crippen LogP contribution in [0.5, 0.6) is 5.75 Å². The fraction of sp³-hybridized carbons (Fsp3) is 0.429. The first-order chi connectivity index (χ1) is 9.13. The van der Waals surface area contributed by atoms with Gasteiger partial charge in [0.2, 0.25) is 11.8 Å². The number of para-hydroxylation sites is 1. The monoisotopic (exact) mass is 260 g/mol. The summed E-state index contributed by atoms with van der Waals surface area (Å²) in [7, 11) is 0. The van der Waals surface area contributed by atoms with E-state index in [4.69, 9.17) is 4.74 Å². The topological polar surface area (TPSA) is 58.6 Å². The molecule has 0 bridgehead atoms. The molecule has 5 heteroatoms. The third-order valence-corrected chi connectivity index (χ3v) is 3.53. The van der Waals surface area contributed by atoms with Crippen molar-refractivity contribution in [3.63, 3.8) is 0 Å². The van der Waals surface area contributed by atoms with Gasteiger partial charge in [0.25, 0.3) is 0 Å². The second-order valence-corrected chi connectivity index (χ2v) is 5.06. The zero-order valence-electron chi connectivity index (χ0n) is 10.8. The summed E-state index contributed by atoms with van der Waals surface area (Å²) in [5.41, 5.74) is 1.16. The Balaban J connectivity index is 1.67. The number of rotatable bonds is 2. The van der Waals surface area contributed by atoms with Gasteiger partial charge in [-0.2, -0.15) is 0 Å². The van der Waals surface area contributed by atoms with E-state index >= 15 is 0 Å². The third kappa shape index (κ3) is 2.28. The highest BCUT2D eigenvalue weighted by Crippen LogP contribution is 2.28. The van der Waals surface area contributed by atoms with E-state index in [0.29, 0.717) is 6.54 Å². The number of carbonyl (C=O) groups is 2. The zero-order chi connectivity index (χ0) is 13.4. The van der Waals surface area contributed by atoms with Crippen molar-refractivity contribution >= 4 is 11.8 Å². The summed E-state index contributed by atoms with van der Waals surface area (Å²) >= 11 is 0. The number of nitrogens with zero attached hydrogens (tertiary/aromatic N) is 1. The van der Waals surface area contributed by atoms with Crippen molar-refractivity contribution in [1.82, 2.24) is 10.2 Å². The average molecular weight is 260 g/mol. The van der Waals surface area contributed by atoms with Crippen LogP contribution in [0.25, 0.3) is 0 Å². The Morgan fingerprint density at radius 3 is 2.95 bits per heavy atom. The second kappa shape index (κ2) is 4.57. The molecular formula is C14H16N2O3. The first-order valence-electron chi connectivity index (χ1n) is 6.46. The number of fused-ring (bicyclic) bond motifs is 1. The van der Waals surface area contributed by atoms with E-state index in [0.717, 1.165) is 17.7 Å². The maximum Gasteiger partial charge on any atom is 0.245 e. The molecule has 2 atom stereocenters. The Bertz CT molecular complexity index is 504. The van der Waals surface area contributed by atoms with Crippen molar-refractivity contribution in [2.24, 2.45) is 0 Å². The number of piperazine rings is 1. The maximum absolute atomic E-state index is 12.0. The van der Waals surface area contributed by atoms with Gasteiger partial charge in [0.05, 0.1) is 13.1 Å². The molecule has 19 heavy (non-hydrogen) atoms. The van der Waals surface area contributed by atoms with Gasteiger partial charge in [-0.3, -0.25) is 9.59 Å². The molecule has 5 nitrogen and oxygen atoms in total. The predicted molar refractivity (Wildman–Crippen MR) is 68.7 cm³/mol. The Labute approximate surface area is 111 Å². The number of benzene rings is 1. The zero-order valence-corrected chi connectivity index (χ0v) is 10.8.